The number of carbonyl (C=O) groups is 3. The van der Waals surface area contributed by atoms with Gasteiger partial charge < -0.3 is 14.8 Å². The molecule has 128 valence electrons. The Labute approximate surface area is 143 Å². The van der Waals surface area contributed by atoms with Crippen LogP contribution in [0.5, 0.6) is 5.75 Å². The third-order valence-electron chi connectivity index (χ3n) is 3.73. The second-order valence-electron chi connectivity index (χ2n) is 5.43. The molecule has 0 radical (unpaired) electrons. The summed E-state index contributed by atoms with van der Waals surface area (Å²) in [6.07, 6.45) is -1.54. The number of alkyl carbamates (subject to hydrolysis) is 1. The van der Waals surface area contributed by atoms with Crippen LogP contribution in [-0.2, 0) is 20.7 Å². The summed E-state index contributed by atoms with van der Waals surface area (Å²) < 4.78 is 10.1. The Kier molecular flexibility index (Phi) is 4.65. The first-order valence-electron chi connectivity index (χ1n) is 7.60. The quantitative estimate of drug-likeness (QED) is 0.870. The number of carbonyl (C=O) groups excluding carboxylic acids is 3. The molecule has 1 aliphatic heterocycles. The summed E-state index contributed by atoms with van der Waals surface area (Å²) >= 11 is 0. The molecule has 1 heterocycles. The molecule has 1 atom stereocenters. The molecule has 2 aromatic carbocycles. The van der Waals surface area contributed by atoms with Crippen molar-refractivity contribution in [1.29, 1.82) is 0 Å². The van der Waals surface area contributed by atoms with Crippen LogP contribution < -0.4 is 15.4 Å². The normalized spacial score (nSPS) is 16.1. The Hall–Kier alpha value is -3.35. The molecule has 2 aromatic rings. The Morgan fingerprint density at radius 3 is 2.52 bits per heavy atom. The molecular formula is C18H16N2O5. The van der Waals surface area contributed by atoms with Crippen molar-refractivity contribution in [3.8, 4) is 5.75 Å². The molecule has 3 rings (SSSR count). The van der Waals surface area contributed by atoms with E-state index in [0.29, 0.717) is 17.0 Å². The van der Waals surface area contributed by atoms with Gasteiger partial charge in [0.25, 0.3) is 5.91 Å². The van der Waals surface area contributed by atoms with Crippen molar-refractivity contribution in [2.75, 3.05) is 12.4 Å². The van der Waals surface area contributed by atoms with Gasteiger partial charge in [-0.25, -0.2) is 4.79 Å². The highest BCUT2D eigenvalue weighted by molar-refractivity contribution is 6.00. The number of imide groups is 1. The van der Waals surface area contributed by atoms with E-state index in [2.05, 4.69) is 10.6 Å². The van der Waals surface area contributed by atoms with Crippen molar-refractivity contribution < 1.29 is 23.9 Å². The van der Waals surface area contributed by atoms with E-state index in [1.54, 1.807) is 37.4 Å². The first kappa shape index (κ1) is 16.5. The van der Waals surface area contributed by atoms with Crippen LogP contribution in [-0.4, -0.2) is 25.0 Å². The molecule has 1 saturated heterocycles. The summed E-state index contributed by atoms with van der Waals surface area (Å²) in [4.78, 5) is 34.8. The number of nitrogens with one attached hydrogen (secondary N) is 2. The molecular weight excluding hydrogens is 324 g/mol. The predicted octanol–water partition coefficient (Wildman–Crippen LogP) is 2.18. The maximum atomic E-state index is 12.2. The first-order chi connectivity index (χ1) is 12.1. The maximum absolute atomic E-state index is 12.2. The number of amides is 3. The molecule has 0 spiro atoms. The lowest BCUT2D eigenvalue weighted by molar-refractivity contribution is -0.123. The van der Waals surface area contributed by atoms with Crippen LogP contribution in [0.25, 0.3) is 0 Å². The zero-order chi connectivity index (χ0) is 17.8. The second-order valence-corrected chi connectivity index (χ2v) is 5.43. The van der Waals surface area contributed by atoms with Crippen LogP contribution in [0.4, 0.5) is 10.5 Å². The molecule has 1 aliphatic rings. The fraction of sp³-hybridized carbons (Fsp3) is 0.167. The van der Waals surface area contributed by atoms with Gasteiger partial charge in [-0.2, -0.15) is 0 Å². The maximum Gasteiger partial charge on any atom is 0.415 e. The molecule has 3 amide bonds. The summed E-state index contributed by atoms with van der Waals surface area (Å²) in [5.74, 6) is -0.0395. The molecule has 1 fully saturated rings. The summed E-state index contributed by atoms with van der Waals surface area (Å²) in [5, 5.41) is 4.85. The van der Waals surface area contributed by atoms with E-state index in [0.717, 1.165) is 5.56 Å². The van der Waals surface area contributed by atoms with E-state index in [9.17, 15) is 14.4 Å². The average Bonchev–Trinajstić information content (AvgIpc) is 2.94. The molecule has 0 aliphatic carbocycles. The minimum Gasteiger partial charge on any atom is -0.496 e. The number of cyclic esters (lactones) is 1. The van der Waals surface area contributed by atoms with Crippen molar-refractivity contribution >= 4 is 23.6 Å². The summed E-state index contributed by atoms with van der Waals surface area (Å²) in [6, 6.07) is 13.9. The van der Waals surface area contributed by atoms with Gasteiger partial charge in [0.05, 0.1) is 13.5 Å². The zero-order valence-corrected chi connectivity index (χ0v) is 13.4. The fourth-order valence-corrected chi connectivity index (χ4v) is 2.54. The zero-order valence-electron chi connectivity index (χ0n) is 13.4. The number of ether oxygens (including phenoxy) is 2. The molecule has 0 saturated carbocycles. The van der Waals surface area contributed by atoms with Gasteiger partial charge in [-0.1, -0.05) is 30.3 Å². The monoisotopic (exact) mass is 340 g/mol. The largest absolute Gasteiger partial charge is 0.496 e. The van der Waals surface area contributed by atoms with Crippen molar-refractivity contribution in [2.45, 2.75) is 12.5 Å². The predicted molar refractivity (Wildman–Crippen MR) is 89.1 cm³/mol. The SMILES string of the molecule is COc1ccccc1CC(=O)Nc1ccc(C2OC(=O)NC2=O)cc1. The molecule has 25 heavy (non-hydrogen) atoms. The van der Waals surface area contributed by atoms with E-state index in [-0.39, 0.29) is 12.3 Å². The van der Waals surface area contributed by atoms with Gasteiger partial charge in [-0.15, -0.1) is 0 Å². The highest BCUT2D eigenvalue weighted by atomic mass is 16.6. The highest BCUT2D eigenvalue weighted by Gasteiger charge is 2.33. The van der Waals surface area contributed by atoms with Crippen LogP contribution in [0.1, 0.15) is 17.2 Å². The van der Waals surface area contributed by atoms with Crippen molar-refractivity contribution in [2.24, 2.45) is 0 Å². The number of anilines is 1. The first-order valence-corrected chi connectivity index (χ1v) is 7.60. The van der Waals surface area contributed by atoms with E-state index < -0.39 is 18.1 Å². The van der Waals surface area contributed by atoms with Gasteiger partial charge in [0.2, 0.25) is 12.0 Å². The summed E-state index contributed by atoms with van der Waals surface area (Å²) in [5.41, 5.74) is 1.90. The smallest absolute Gasteiger partial charge is 0.415 e. The van der Waals surface area contributed by atoms with E-state index in [1.165, 1.54) is 0 Å². The van der Waals surface area contributed by atoms with Gasteiger partial charge in [0, 0.05) is 16.8 Å². The number of hydrogen-bond acceptors (Lipinski definition) is 5. The van der Waals surface area contributed by atoms with E-state index in [4.69, 9.17) is 9.47 Å². The number of methoxy groups -OCH3 is 1. The summed E-state index contributed by atoms with van der Waals surface area (Å²) in [6.45, 7) is 0. The number of rotatable bonds is 5. The van der Waals surface area contributed by atoms with Gasteiger partial charge in [-0.3, -0.25) is 14.9 Å². The Morgan fingerprint density at radius 2 is 1.88 bits per heavy atom. The number of hydrogen-bond donors (Lipinski definition) is 2. The number of benzene rings is 2. The minimum atomic E-state index is -0.953. The standard InChI is InChI=1S/C18H16N2O5/c1-24-14-5-3-2-4-12(14)10-15(21)19-13-8-6-11(7-9-13)16-17(22)20-18(23)25-16/h2-9,16H,10H2,1H3,(H,19,21)(H,20,22,23). The fourth-order valence-electron chi connectivity index (χ4n) is 2.54. The van der Waals surface area contributed by atoms with E-state index in [1.807, 2.05) is 18.2 Å². The van der Waals surface area contributed by atoms with Crippen LogP contribution in [0.3, 0.4) is 0 Å². The van der Waals surface area contributed by atoms with Crippen LogP contribution >= 0.6 is 0 Å². The average molecular weight is 340 g/mol. The van der Waals surface area contributed by atoms with Gasteiger partial charge in [0.1, 0.15) is 5.75 Å². The van der Waals surface area contributed by atoms with E-state index >= 15 is 0 Å². The minimum absolute atomic E-state index is 0.175. The lowest BCUT2D eigenvalue weighted by Gasteiger charge is -2.10. The Morgan fingerprint density at radius 1 is 1.16 bits per heavy atom. The molecule has 0 aromatic heterocycles. The Bertz CT molecular complexity index is 816. The van der Waals surface area contributed by atoms with Gasteiger partial charge >= 0.3 is 6.09 Å². The van der Waals surface area contributed by atoms with Crippen molar-refractivity contribution in [3.63, 3.8) is 0 Å². The number of para-hydroxylation sites is 1. The van der Waals surface area contributed by atoms with Crippen LogP contribution in [0.15, 0.2) is 48.5 Å². The summed E-state index contributed by atoms with van der Waals surface area (Å²) in [7, 11) is 1.56. The second kappa shape index (κ2) is 7.04. The Balaban J connectivity index is 1.64. The van der Waals surface area contributed by atoms with Crippen molar-refractivity contribution in [3.05, 3.63) is 59.7 Å². The highest BCUT2D eigenvalue weighted by Crippen LogP contribution is 2.24. The third kappa shape index (κ3) is 3.77. The lowest BCUT2D eigenvalue weighted by atomic mass is 10.1. The van der Waals surface area contributed by atoms with Crippen LogP contribution in [0, 0.1) is 0 Å². The molecule has 0 bridgehead atoms. The van der Waals surface area contributed by atoms with Gasteiger partial charge in [-0.05, 0) is 18.2 Å². The lowest BCUT2D eigenvalue weighted by Crippen LogP contribution is -2.20. The van der Waals surface area contributed by atoms with Gasteiger partial charge in [0.15, 0.2) is 0 Å². The molecule has 7 heteroatoms. The third-order valence-corrected chi connectivity index (χ3v) is 3.73. The van der Waals surface area contributed by atoms with Crippen LogP contribution in [0.2, 0.25) is 0 Å². The molecule has 7 nitrogen and oxygen atoms in total. The van der Waals surface area contributed by atoms with Crippen molar-refractivity contribution in [1.82, 2.24) is 5.32 Å². The topological polar surface area (TPSA) is 93.7 Å². The molecule has 2 N–H and O–H groups in total. The molecule has 1 unspecified atom stereocenters.